The van der Waals surface area contributed by atoms with Crippen molar-refractivity contribution in [2.45, 2.75) is 6.92 Å². The Morgan fingerprint density at radius 3 is 2.87 bits per heavy atom. The molecule has 0 aliphatic carbocycles. The highest BCUT2D eigenvalue weighted by atomic mass is 16.1. The first-order chi connectivity index (χ1) is 7.22. The van der Waals surface area contributed by atoms with Gasteiger partial charge in [0.15, 0.2) is 0 Å². The molecule has 0 spiro atoms. The largest absolute Gasteiger partial charge is 0.288 e. The van der Waals surface area contributed by atoms with Crippen molar-refractivity contribution in [3.05, 3.63) is 35.2 Å². The van der Waals surface area contributed by atoms with Gasteiger partial charge in [0, 0.05) is 29.7 Å². The topological polar surface area (TPSA) is 66.1 Å². The second-order valence-corrected chi connectivity index (χ2v) is 3.21. The summed E-state index contributed by atoms with van der Waals surface area (Å²) < 4.78 is 0. The number of pyridine rings is 1. The zero-order valence-corrected chi connectivity index (χ0v) is 8.06. The lowest BCUT2D eigenvalue weighted by Crippen LogP contribution is -1.94. The van der Waals surface area contributed by atoms with Gasteiger partial charge < -0.3 is 0 Å². The first kappa shape index (κ1) is 9.28. The van der Waals surface area contributed by atoms with Gasteiger partial charge in [0.05, 0.1) is 0 Å². The Hall–Kier alpha value is -2.28. The van der Waals surface area contributed by atoms with Crippen LogP contribution in [0.15, 0.2) is 29.0 Å². The Morgan fingerprint density at radius 2 is 2.20 bits per heavy atom. The van der Waals surface area contributed by atoms with Crippen LogP contribution in [0.2, 0.25) is 0 Å². The predicted octanol–water partition coefficient (Wildman–Crippen LogP) is 1.28. The highest BCUT2D eigenvalue weighted by Gasteiger charge is 2.20. The van der Waals surface area contributed by atoms with Gasteiger partial charge in [-0.25, -0.2) is 4.99 Å². The van der Waals surface area contributed by atoms with E-state index in [-0.39, 0.29) is 5.57 Å². The van der Waals surface area contributed by atoms with Crippen LogP contribution in [0.25, 0.3) is 5.57 Å². The predicted molar refractivity (Wildman–Crippen MR) is 55.0 cm³/mol. The number of hydrogen-bond acceptors (Lipinski definition) is 3. The van der Waals surface area contributed by atoms with E-state index in [0.29, 0.717) is 5.57 Å². The van der Waals surface area contributed by atoms with Crippen molar-refractivity contribution in [1.29, 1.82) is 5.26 Å². The van der Waals surface area contributed by atoms with Gasteiger partial charge in [-0.05, 0) is 18.6 Å². The molecule has 1 aliphatic rings. The molecule has 0 bridgehead atoms. The molecule has 1 aromatic rings. The van der Waals surface area contributed by atoms with Crippen LogP contribution < -0.4 is 0 Å². The molecule has 0 aromatic carbocycles. The van der Waals surface area contributed by atoms with Crippen molar-refractivity contribution in [2.75, 3.05) is 0 Å². The Kier molecular flexibility index (Phi) is 2.14. The SMILES string of the molecule is Cc1cncc(C2=C(C#N)C(=O)N=C2)c1. The molecule has 4 heteroatoms. The lowest BCUT2D eigenvalue weighted by molar-refractivity contribution is -0.113. The molecule has 2 rings (SSSR count). The Labute approximate surface area is 86.6 Å². The Bertz CT molecular complexity index is 535. The quantitative estimate of drug-likeness (QED) is 0.681. The molecule has 0 radical (unpaired) electrons. The van der Waals surface area contributed by atoms with Gasteiger partial charge in [0.2, 0.25) is 0 Å². The molecule has 0 unspecified atom stereocenters. The van der Waals surface area contributed by atoms with Crippen molar-refractivity contribution in [1.82, 2.24) is 4.98 Å². The molecule has 0 saturated heterocycles. The molecule has 4 nitrogen and oxygen atoms in total. The van der Waals surface area contributed by atoms with Crippen molar-refractivity contribution in [2.24, 2.45) is 4.99 Å². The normalized spacial score (nSPS) is 14.5. The van der Waals surface area contributed by atoms with Gasteiger partial charge in [-0.2, -0.15) is 5.26 Å². The summed E-state index contributed by atoms with van der Waals surface area (Å²) in [4.78, 5) is 18.8. The molecule has 1 aliphatic heterocycles. The molecular weight excluding hydrogens is 190 g/mol. The number of carbonyl (C=O) groups is 1. The van der Waals surface area contributed by atoms with Crippen LogP contribution in [-0.2, 0) is 4.79 Å². The van der Waals surface area contributed by atoms with E-state index in [9.17, 15) is 4.79 Å². The standard InChI is InChI=1S/C11H7N3O/c1-7-2-8(5-13-4-7)10-6-14-11(15)9(10)3-12/h2,4-6H,1H3. The van der Waals surface area contributed by atoms with Gasteiger partial charge in [0.25, 0.3) is 5.91 Å². The Morgan fingerprint density at radius 1 is 1.40 bits per heavy atom. The van der Waals surface area contributed by atoms with Crippen LogP contribution >= 0.6 is 0 Å². The summed E-state index contributed by atoms with van der Waals surface area (Å²) in [6.45, 7) is 1.90. The van der Waals surface area contributed by atoms with Crippen LogP contribution in [0, 0.1) is 18.3 Å². The van der Waals surface area contributed by atoms with Gasteiger partial charge in [0.1, 0.15) is 11.6 Å². The van der Waals surface area contributed by atoms with Gasteiger partial charge in [-0.15, -0.1) is 0 Å². The minimum absolute atomic E-state index is 0.0856. The third kappa shape index (κ3) is 1.55. The van der Waals surface area contributed by atoms with Crippen LogP contribution in [0.5, 0.6) is 0 Å². The molecule has 0 fully saturated rings. The average molecular weight is 197 g/mol. The van der Waals surface area contributed by atoms with E-state index in [4.69, 9.17) is 5.26 Å². The van der Waals surface area contributed by atoms with E-state index < -0.39 is 5.91 Å². The van der Waals surface area contributed by atoms with E-state index >= 15 is 0 Å². The van der Waals surface area contributed by atoms with E-state index in [1.807, 2.05) is 19.1 Å². The summed E-state index contributed by atoms with van der Waals surface area (Å²) in [7, 11) is 0. The second-order valence-electron chi connectivity index (χ2n) is 3.21. The van der Waals surface area contributed by atoms with E-state index in [1.54, 1.807) is 12.4 Å². The van der Waals surface area contributed by atoms with Gasteiger partial charge >= 0.3 is 0 Å². The number of rotatable bonds is 1. The summed E-state index contributed by atoms with van der Waals surface area (Å²) in [6, 6.07) is 3.72. The van der Waals surface area contributed by atoms with Crippen LogP contribution in [0.4, 0.5) is 0 Å². The van der Waals surface area contributed by atoms with Gasteiger partial charge in [-0.1, -0.05) is 0 Å². The second kappa shape index (κ2) is 3.46. The number of allylic oxidation sites excluding steroid dienone is 1. The smallest absolute Gasteiger partial charge is 0.266 e. The van der Waals surface area contributed by atoms with E-state index in [1.165, 1.54) is 6.21 Å². The molecule has 1 aromatic heterocycles. The number of hydrogen-bond donors (Lipinski definition) is 0. The zero-order valence-electron chi connectivity index (χ0n) is 8.06. The summed E-state index contributed by atoms with van der Waals surface area (Å²) in [5.41, 5.74) is 2.37. The van der Waals surface area contributed by atoms with Crippen molar-refractivity contribution < 1.29 is 4.79 Å². The fraction of sp³-hybridized carbons (Fsp3) is 0.0909. The monoisotopic (exact) mass is 197 g/mol. The number of aliphatic imine (C=N–C) groups is 1. The lowest BCUT2D eigenvalue weighted by atomic mass is 10.0. The third-order valence-corrected chi connectivity index (χ3v) is 2.09. The fourth-order valence-corrected chi connectivity index (χ4v) is 1.40. The minimum Gasteiger partial charge on any atom is -0.266 e. The number of aryl methyl sites for hydroxylation is 1. The maximum Gasteiger partial charge on any atom is 0.288 e. The first-order valence-corrected chi connectivity index (χ1v) is 4.37. The number of nitriles is 1. The fourth-order valence-electron chi connectivity index (χ4n) is 1.40. The number of carbonyl (C=O) groups excluding carboxylic acids is 1. The molecule has 15 heavy (non-hydrogen) atoms. The first-order valence-electron chi connectivity index (χ1n) is 4.37. The average Bonchev–Trinajstić information content (AvgIpc) is 2.59. The number of aromatic nitrogens is 1. The van der Waals surface area contributed by atoms with E-state index in [0.717, 1.165) is 11.1 Å². The minimum atomic E-state index is -0.478. The van der Waals surface area contributed by atoms with Crippen molar-refractivity contribution >= 4 is 17.7 Å². The van der Waals surface area contributed by atoms with Crippen molar-refractivity contribution in [3.8, 4) is 6.07 Å². The number of nitrogens with zero attached hydrogens (tertiary/aromatic N) is 3. The molecule has 0 N–H and O–H groups in total. The van der Waals surface area contributed by atoms with Crippen molar-refractivity contribution in [3.63, 3.8) is 0 Å². The maximum atomic E-state index is 11.2. The molecule has 0 saturated carbocycles. The molecular formula is C11H7N3O. The van der Waals surface area contributed by atoms with Gasteiger partial charge in [-0.3, -0.25) is 9.78 Å². The highest BCUT2D eigenvalue weighted by Crippen LogP contribution is 2.21. The Balaban J connectivity index is 2.57. The molecule has 0 atom stereocenters. The summed E-state index contributed by atoms with van der Waals surface area (Å²) in [5, 5.41) is 8.81. The summed E-state index contributed by atoms with van der Waals surface area (Å²) in [5.74, 6) is -0.478. The summed E-state index contributed by atoms with van der Waals surface area (Å²) >= 11 is 0. The van der Waals surface area contributed by atoms with E-state index in [2.05, 4.69) is 9.98 Å². The number of amides is 1. The van der Waals surface area contributed by atoms with Crippen LogP contribution in [0.1, 0.15) is 11.1 Å². The zero-order chi connectivity index (χ0) is 10.8. The van der Waals surface area contributed by atoms with Crippen LogP contribution in [-0.4, -0.2) is 17.1 Å². The molecule has 72 valence electrons. The third-order valence-electron chi connectivity index (χ3n) is 2.09. The molecule has 2 heterocycles. The maximum absolute atomic E-state index is 11.2. The highest BCUT2D eigenvalue weighted by molar-refractivity contribution is 6.29. The van der Waals surface area contributed by atoms with Crippen LogP contribution in [0.3, 0.4) is 0 Å². The summed E-state index contributed by atoms with van der Waals surface area (Å²) in [6.07, 6.45) is 4.74. The lowest BCUT2D eigenvalue weighted by Gasteiger charge is -1.99. The molecule has 1 amide bonds.